The molecule has 0 aromatic carbocycles. The monoisotopic (exact) mass is 253 g/mol. The van der Waals surface area contributed by atoms with Crippen molar-refractivity contribution < 1.29 is 0 Å². The Morgan fingerprint density at radius 2 is 1.83 bits per heavy atom. The largest absolute Gasteiger partial charge is 0.317 e. The topological polar surface area (TPSA) is 18.5 Å². The molecule has 2 fully saturated rings. The first kappa shape index (κ1) is 14.3. The molecule has 0 atom stereocenters. The Hall–Kier alpha value is -0.120. The molecule has 0 bridgehead atoms. The van der Waals surface area contributed by atoms with Crippen molar-refractivity contribution in [2.24, 2.45) is 5.92 Å². The molecule has 2 aliphatic rings. The molecule has 0 aliphatic carbocycles. The fraction of sp³-hybridized carbons (Fsp3) is 1.00. The first-order chi connectivity index (χ1) is 8.84. The van der Waals surface area contributed by atoms with E-state index in [9.17, 15) is 0 Å². The molecule has 3 heteroatoms. The van der Waals surface area contributed by atoms with Gasteiger partial charge in [-0.3, -0.25) is 0 Å². The summed E-state index contributed by atoms with van der Waals surface area (Å²) in [5.41, 5.74) is 0. The Morgan fingerprint density at radius 1 is 1.11 bits per heavy atom. The third-order valence-corrected chi connectivity index (χ3v) is 4.61. The fourth-order valence-electron chi connectivity index (χ4n) is 3.25. The van der Waals surface area contributed by atoms with E-state index < -0.39 is 0 Å². The van der Waals surface area contributed by atoms with E-state index in [2.05, 4.69) is 22.2 Å². The molecule has 2 rings (SSSR count). The van der Waals surface area contributed by atoms with E-state index in [1.165, 1.54) is 84.3 Å². The van der Waals surface area contributed by atoms with Crippen LogP contribution in [0.5, 0.6) is 0 Å². The van der Waals surface area contributed by atoms with Gasteiger partial charge in [0, 0.05) is 13.1 Å². The number of nitrogens with one attached hydrogen (secondary N) is 1. The molecule has 2 aliphatic heterocycles. The van der Waals surface area contributed by atoms with Gasteiger partial charge in [-0.1, -0.05) is 0 Å². The van der Waals surface area contributed by atoms with Gasteiger partial charge < -0.3 is 15.1 Å². The number of likely N-dealkylation sites (tertiary alicyclic amines) is 1. The molecular weight excluding hydrogens is 222 g/mol. The number of hydrogen-bond donors (Lipinski definition) is 1. The quantitative estimate of drug-likeness (QED) is 0.746. The molecule has 1 N–H and O–H groups in total. The van der Waals surface area contributed by atoms with Crippen molar-refractivity contribution in [2.75, 3.05) is 52.9 Å². The van der Waals surface area contributed by atoms with Crippen LogP contribution in [0, 0.1) is 5.92 Å². The Labute approximate surface area is 113 Å². The number of hydrogen-bond acceptors (Lipinski definition) is 3. The average molecular weight is 253 g/mol. The highest BCUT2D eigenvalue weighted by atomic mass is 15.2. The van der Waals surface area contributed by atoms with E-state index in [4.69, 9.17) is 0 Å². The summed E-state index contributed by atoms with van der Waals surface area (Å²) in [5.74, 6) is 0.998. The Kier molecular flexibility index (Phi) is 6.46. The number of likely N-dealkylation sites (N-methyl/N-ethyl adjacent to an activating group) is 1. The van der Waals surface area contributed by atoms with Crippen LogP contribution in [-0.4, -0.2) is 62.7 Å². The van der Waals surface area contributed by atoms with Gasteiger partial charge in [-0.2, -0.15) is 0 Å². The third-order valence-electron chi connectivity index (χ3n) is 4.61. The van der Waals surface area contributed by atoms with Crippen molar-refractivity contribution >= 4 is 0 Å². The zero-order valence-electron chi connectivity index (χ0n) is 12.2. The molecule has 0 spiro atoms. The van der Waals surface area contributed by atoms with Gasteiger partial charge in [-0.25, -0.2) is 0 Å². The summed E-state index contributed by atoms with van der Waals surface area (Å²) >= 11 is 0. The van der Waals surface area contributed by atoms with Crippen molar-refractivity contribution in [1.82, 2.24) is 15.1 Å². The molecule has 2 heterocycles. The highest BCUT2D eigenvalue weighted by Crippen LogP contribution is 2.17. The molecule has 0 radical (unpaired) electrons. The van der Waals surface area contributed by atoms with Crippen LogP contribution in [0.15, 0.2) is 0 Å². The second-order valence-corrected chi connectivity index (χ2v) is 6.19. The second-order valence-electron chi connectivity index (χ2n) is 6.19. The highest BCUT2D eigenvalue weighted by molar-refractivity contribution is 4.70. The minimum absolute atomic E-state index is 0.998. The van der Waals surface area contributed by atoms with Gasteiger partial charge in [0.2, 0.25) is 0 Å². The van der Waals surface area contributed by atoms with Crippen molar-refractivity contribution in [2.45, 2.75) is 38.5 Å². The molecule has 0 amide bonds. The predicted molar refractivity (Wildman–Crippen MR) is 78.0 cm³/mol. The van der Waals surface area contributed by atoms with Gasteiger partial charge in [0.25, 0.3) is 0 Å². The average Bonchev–Trinajstić information content (AvgIpc) is 2.91. The zero-order chi connectivity index (χ0) is 12.6. The fourth-order valence-corrected chi connectivity index (χ4v) is 3.25. The van der Waals surface area contributed by atoms with Crippen LogP contribution < -0.4 is 5.32 Å². The summed E-state index contributed by atoms with van der Waals surface area (Å²) in [7, 11) is 2.29. The second kappa shape index (κ2) is 8.13. The number of rotatable bonds is 7. The number of piperidine rings is 1. The van der Waals surface area contributed by atoms with Crippen LogP contribution >= 0.6 is 0 Å². The molecule has 0 unspecified atom stereocenters. The molecule has 18 heavy (non-hydrogen) atoms. The molecule has 0 aromatic heterocycles. The minimum atomic E-state index is 0.998. The Morgan fingerprint density at radius 3 is 2.56 bits per heavy atom. The summed E-state index contributed by atoms with van der Waals surface area (Å²) in [6, 6.07) is 0. The lowest BCUT2D eigenvalue weighted by Gasteiger charge is -2.24. The van der Waals surface area contributed by atoms with E-state index >= 15 is 0 Å². The summed E-state index contributed by atoms with van der Waals surface area (Å²) in [6.45, 7) is 8.99. The normalized spacial score (nSPS) is 23.0. The van der Waals surface area contributed by atoms with Crippen LogP contribution in [0.25, 0.3) is 0 Å². The minimum Gasteiger partial charge on any atom is -0.317 e. The van der Waals surface area contributed by atoms with Crippen molar-refractivity contribution in [3.8, 4) is 0 Å². The lowest BCUT2D eigenvalue weighted by molar-refractivity contribution is 0.245. The van der Waals surface area contributed by atoms with Crippen LogP contribution in [0.4, 0.5) is 0 Å². The SMILES string of the molecule is CN(CCCC1CCNCC1)CCN1CCCC1. The van der Waals surface area contributed by atoms with Crippen LogP contribution in [0.3, 0.4) is 0 Å². The maximum atomic E-state index is 3.45. The maximum absolute atomic E-state index is 3.45. The van der Waals surface area contributed by atoms with Gasteiger partial charge in [-0.15, -0.1) is 0 Å². The standard InChI is InChI=1S/C15H31N3/c1-17(13-14-18-11-2-3-12-18)10-4-5-15-6-8-16-9-7-15/h15-16H,2-14H2,1H3. The lowest BCUT2D eigenvalue weighted by atomic mass is 9.93. The van der Waals surface area contributed by atoms with Crippen LogP contribution in [0.1, 0.15) is 38.5 Å². The van der Waals surface area contributed by atoms with Crippen LogP contribution in [0.2, 0.25) is 0 Å². The molecule has 0 aromatic rings. The molecular formula is C15H31N3. The number of nitrogens with zero attached hydrogens (tertiary/aromatic N) is 2. The van der Waals surface area contributed by atoms with Gasteiger partial charge in [0.15, 0.2) is 0 Å². The predicted octanol–water partition coefficient (Wildman–Crippen LogP) is 1.79. The summed E-state index contributed by atoms with van der Waals surface area (Å²) in [4.78, 5) is 5.14. The van der Waals surface area contributed by atoms with Crippen molar-refractivity contribution in [1.29, 1.82) is 0 Å². The van der Waals surface area contributed by atoms with Crippen molar-refractivity contribution in [3.63, 3.8) is 0 Å². The van der Waals surface area contributed by atoms with E-state index in [0.717, 1.165) is 5.92 Å². The van der Waals surface area contributed by atoms with Gasteiger partial charge in [-0.05, 0) is 84.2 Å². The summed E-state index contributed by atoms with van der Waals surface area (Å²) in [6.07, 6.45) is 8.46. The molecule has 0 saturated carbocycles. The van der Waals surface area contributed by atoms with Gasteiger partial charge in [0.05, 0.1) is 0 Å². The smallest absolute Gasteiger partial charge is 0.0109 e. The summed E-state index contributed by atoms with van der Waals surface area (Å²) < 4.78 is 0. The van der Waals surface area contributed by atoms with Gasteiger partial charge in [0.1, 0.15) is 0 Å². The Balaban J connectivity index is 1.47. The van der Waals surface area contributed by atoms with Gasteiger partial charge >= 0.3 is 0 Å². The van der Waals surface area contributed by atoms with E-state index in [-0.39, 0.29) is 0 Å². The summed E-state index contributed by atoms with van der Waals surface area (Å²) in [5, 5.41) is 3.45. The lowest BCUT2D eigenvalue weighted by Crippen LogP contribution is -2.32. The van der Waals surface area contributed by atoms with Crippen LogP contribution in [-0.2, 0) is 0 Å². The Bertz CT molecular complexity index is 208. The third kappa shape index (κ3) is 5.25. The van der Waals surface area contributed by atoms with Crippen molar-refractivity contribution in [3.05, 3.63) is 0 Å². The molecule has 106 valence electrons. The first-order valence-electron chi connectivity index (χ1n) is 7.96. The maximum Gasteiger partial charge on any atom is 0.0109 e. The van der Waals surface area contributed by atoms with E-state index in [0.29, 0.717) is 0 Å². The highest BCUT2D eigenvalue weighted by Gasteiger charge is 2.14. The zero-order valence-corrected chi connectivity index (χ0v) is 12.2. The molecule has 2 saturated heterocycles. The first-order valence-corrected chi connectivity index (χ1v) is 7.96. The molecule has 3 nitrogen and oxygen atoms in total. The van der Waals surface area contributed by atoms with E-state index in [1.807, 2.05) is 0 Å². The van der Waals surface area contributed by atoms with E-state index in [1.54, 1.807) is 0 Å².